The third kappa shape index (κ3) is 1.81. The predicted octanol–water partition coefficient (Wildman–Crippen LogP) is -0.486. The van der Waals surface area contributed by atoms with Gasteiger partial charge in [-0.2, -0.15) is 0 Å². The second-order valence-corrected chi connectivity index (χ2v) is 1.65. The smallest absolute Gasteiger partial charge is 0.229 e. The Labute approximate surface area is 58.1 Å². The number of carbonyl (C=O) groups is 1. The average molecular weight is 136 g/mol. The van der Waals surface area contributed by atoms with Crippen molar-refractivity contribution in [1.29, 1.82) is 0 Å². The van der Waals surface area contributed by atoms with Crippen molar-refractivity contribution in [1.82, 2.24) is 9.97 Å². The number of rotatable bonds is 2. The monoisotopic (exact) mass is 136 g/mol. The standard InChI is InChI=1S/C6H6N3O/c7-5(10)4-6-8-2-1-3-9-6/h1-4H,(H2,7,10). The molecule has 4 heteroatoms. The molecule has 0 bridgehead atoms. The molecule has 0 aromatic carbocycles. The summed E-state index contributed by atoms with van der Waals surface area (Å²) < 4.78 is 0. The summed E-state index contributed by atoms with van der Waals surface area (Å²) in [6.07, 6.45) is 4.25. The van der Waals surface area contributed by atoms with Crippen LogP contribution in [0.25, 0.3) is 0 Å². The summed E-state index contributed by atoms with van der Waals surface area (Å²) >= 11 is 0. The van der Waals surface area contributed by atoms with E-state index in [1.54, 1.807) is 18.5 Å². The minimum atomic E-state index is -0.536. The van der Waals surface area contributed by atoms with Crippen molar-refractivity contribution < 1.29 is 4.79 Å². The summed E-state index contributed by atoms with van der Waals surface area (Å²) in [7, 11) is 0. The summed E-state index contributed by atoms with van der Waals surface area (Å²) in [6.45, 7) is 0. The first kappa shape index (κ1) is 6.67. The lowest BCUT2D eigenvalue weighted by Gasteiger charge is -1.90. The SMILES string of the molecule is NC(=O)[CH]c1ncccn1. The van der Waals surface area contributed by atoms with Crippen LogP contribution in [0.4, 0.5) is 0 Å². The Bertz CT molecular complexity index is 222. The van der Waals surface area contributed by atoms with Crippen LogP contribution in [-0.2, 0) is 4.79 Å². The number of amides is 1. The molecule has 0 spiro atoms. The van der Waals surface area contributed by atoms with E-state index in [9.17, 15) is 4.79 Å². The largest absolute Gasteiger partial charge is 0.369 e. The molecule has 1 rings (SSSR count). The number of primary amides is 1. The predicted molar refractivity (Wildman–Crippen MR) is 34.6 cm³/mol. The van der Waals surface area contributed by atoms with Gasteiger partial charge in [-0.1, -0.05) is 0 Å². The van der Waals surface area contributed by atoms with Crippen molar-refractivity contribution in [2.75, 3.05) is 0 Å². The zero-order valence-electron chi connectivity index (χ0n) is 5.19. The van der Waals surface area contributed by atoms with Gasteiger partial charge in [-0.15, -0.1) is 0 Å². The van der Waals surface area contributed by atoms with Crippen LogP contribution in [0.5, 0.6) is 0 Å². The Balaban J connectivity index is 2.67. The highest BCUT2D eigenvalue weighted by Crippen LogP contribution is 1.89. The fourth-order valence-electron chi connectivity index (χ4n) is 0.512. The molecule has 0 saturated heterocycles. The maximum Gasteiger partial charge on any atom is 0.229 e. The van der Waals surface area contributed by atoms with E-state index in [-0.39, 0.29) is 0 Å². The summed E-state index contributed by atoms with van der Waals surface area (Å²) in [6, 6.07) is 1.67. The number of nitrogens with two attached hydrogens (primary N) is 1. The fourth-order valence-corrected chi connectivity index (χ4v) is 0.512. The van der Waals surface area contributed by atoms with Gasteiger partial charge in [0.1, 0.15) is 12.2 Å². The summed E-state index contributed by atoms with van der Waals surface area (Å²) in [5, 5.41) is 0. The highest BCUT2D eigenvalue weighted by Gasteiger charge is 1.98. The van der Waals surface area contributed by atoms with Crippen molar-refractivity contribution in [3.63, 3.8) is 0 Å². The van der Waals surface area contributed by atoms with Gasteiger partial charge in [-0.3, -0.25) is 4.79 Å². The topological polar surface area (TPSA) is 68.9 Å². The van der Waals surface area contributed by atoms with Gasteiger partial charge in [0, 0.05) is 12.4 Å². The van der Waals surface area contributed by atoms with Crippen molar-refractivity contribution in [3.8, 4) is 0 Å². The number of hydrogen-bond donors (Lipinski definition) is 1. The Morgan fingerprint density at radius 1 is 1.50 bits per heavy atom. The maximum absolute atomic E-state index is 10.3. The molecule has 1 radical (unpaired) electrons. The maximum atomic E-state index is 10.3. The average Bonchev–Trinajstić information content (AvgIpc) is 1.88. The highest BCUT2D eigenvalue weighted by molar-refractivity contribution is 5.85. The second kappa shape index (κ2) is 2.91. The lowest BCUT2D eigenvalue weighted by Crippen LogP contribution is -2.12. The van der Waals surface area contributed by atoms with Gasteiger partial charge in [0.25, 0.3) is 0 Å². The van der Waals surface area contributed by atoms with Gasteiger partial charge in [0.2, 0.25) is 5.91 Å². The number of carbonyl (C=O) groups excluding carboxylic acids is 1. The van der Waals surface area contributed by atoms with E-state index >= 15 is 0 Å². The number of nitrogens with zero attached hydrogens (tertiary/aromatic N) is 2. The van der Waals surface area contributed by atoms with Crippen LogP contribution in [0.1, 0.15) is 5.82 Å². The first-order chi connectivity index (χ1) is 4.79. The zero-order valence-corrected chi connectivity index (χ0v) is 5.19. The van der Waals surface area contributed by atoms with E-state index in [0.717, 1.165) is 0 Å². The van der Waals surface area contributed by atoms with Crippen molar-refractivity contribution in [2.24, 2.45) is 5.73 Å². The van der Waals surface area contributed by atoms with Crippen LogP contribution in [0.3, 0.4) is 0 Å². The molecule has 1 aromatic rings. The molecule has 10 heavy (non-hydrogen) atoms. The van der Waals surface area contributed by atoms with Crippen LogP contribution in [0, 0.1) is 6.42 Å². The Kier molecular flexibility index (Phi) is 1.94. The third-order valence-electron chi connectivity index (χ3n) is 0.857. The second-order valence-electron chi connectivity index (χ2n) is 1.65. The highest BCUT2D eigenvalue weighted by atomic mass is 16.1. The summed E-state index contributed by atoms with van der Waals surface area (Å²) in [5.74, 6) is -0.193. The van der Waals surface area contributed by atoms with E-state index in [2.05, 4.69) is 9.97 Å². The van der Waals surface area contributed by atoms with E-state index < -0.39 is 5.91 Å². The quantitative estimate of drug-likeness (QED) is 0.596. The van der Waals surface area contributed by atoms with Crippen LogP contribution in [0.2, 0.25) is 0 Å². The molecule has 1 aromatic heterocycles. The van der Waals surface area contributed by atoms with Crippen LogP contribution < -0.4 is 5.73 Å². The molecule has 0 aliphatic rings. The van der Waals surface area contributed by atoms with Gasteiger partial charge in [-0.05, 0) is 6.07 Å². The molecular weight excluding hydrogens is 130 g/mol. The molecule has 0 fully saturated rings. The fraction of sp³-hybridized carbons (Fsp3) is 0. The number of aromatic nitrogens is 2. The molecule has 0 unspecified atom stereocenters. The van der Waals surface area contributed by atoms with E-state index in [0.29, 0.717) is 5.82 Å². The molecule has 0 atom stereocenters. The van der Waals surface area contributed by atoms with Gasteiger partial charge >= 0.3 is 0 Å². The Morgan fingerprint density at radius 2 is 2.10 bits per heavy atom. The first-order valence-corrected chi connectivity index (χ1v) is 2.70. The van der Waals surface area contributed by atoms with Crippen LogP contribution in [-0.4, -0.2) is 15.9 Å². The third-order valence-corrected chi connectivity index (χ3v) is 0.857. The molecule has 4 nitrogen and oxygen atoms in total. The van der Waals surface area contributed by atoms with Crippen molar-refractivity contribution >= 4 is 5.91 Å². The van der Waals surface area contributed by atoms with Gasteiger partial charge in [0.15, 0.2) is 0 Å². The van der Waals surface area contributed by atoms with Crippen LogP contribution >= 0.6 is 0 Å². The van der Waals surface area contributed by atoms with Gasteiger partial charge in [-0.25, -0.2) is 9.97 Å². The molecular formula is C6H6N3O. The van der Waals surface area contributed by atoms with Gasteiger partial charge in [0.05, 0.1) is 0 Å². The minimum Gasteiger partial charge on any atom is -0.369 e. The Morgan fingerprint density at radius 3 is 2.60 bits per heavy atom. The molecule has 0 aliphatic heterocycles. The van der Waals surface area contributed by atoms with Crippen LogP contribution in [0.15, 0.2) is 18.5 Å². The first-order valence-electron chi connectivity index (χ1n) is 2.70. The van der Waals surface area contributed by atoms with E-state index in [1.807, 2.05) is 0 Å². The lowest BCUT2D eigenvalue weighted by molar-refractivity contribution is -0.114. The lowest BCUT2D eigenvalue weighted by atomic mass is 10.4. The van der Waals surface area contributed by atoms with E-state index in [4.69, 9.17) is 5.73 Å². The molecule has 0 aliphatic carbocycles. The molecule has 51 valence electrons. The van der Waals surface area contributed by atoms with Crippen molar-refractivity contribution in [3.05, 3.63) is 30.7 Å². The summed E-state index contributed by atoms with van der Waals surface area (Å²) in [4.78, 5) is 17.8. The molecule has 0 saturated carbocycles. The Hall–Kier alpha value is -1.45. The number of hydrogen-bond acceptors (Lipinski definition) is 3. The molecule has 2 N–H and O–H groups in total. The zero-order chi connectivity index (χ0) is 7.40. The van der Waals surface area contributed by atoms with E-state index in [1.165, 1.54) is 6.42 Å². The molecule has 1 amide bonds. The molecule has 1 heterocycles. The van der Waals surface area contributed by atoms with Crippen molar-refractivity contribution in [2.45, 2.75) is 0 Å². The summed E-state index contributed by atoms with van der Waals surface area (Å²) in [5.41, 5.74) is 4.85. The minimum absolute atomic E-state index is 0.343. The van der Waals surface area contributed by atoms with Gasteiger partial charge < -0.3 is 5.73 Å². The normalized spacial score (nSPS) is 9.20.